The number of hydrogen-bond acceptors (Lipinski definition) is 5. The zero-order valence-corrected chi connectivity index (χ0v) is 12.0. The Morgan fingerprint density at radius 2 is 2.00 bits per heavy atom. The predicted octanol–water partition coefficient (Wildman–Crippen LogP) is 2.50. The van der Waals surface area contributed by atoms with Crippen LogP contribution in [0.5, 0.6) is 0 Å². The summed E-state index contributed by atoms with van der Waals surface area (Å²) in [5.74, 6) is 0.299. The fourth-order valence-corrected chi connectivity index (χ4v) is 2.44. The molecule has 1 N–H and O–H groups in total. The summed E-state index contributed by atoms with van der Waals surface area (Å²) in [6.45, 7) is 7.07. The maximum absolute atomic E-state index is 5.77. The van der Waals surface area contributed by atoms with Crippen molar-refractivity contribution >= 4 is 16.6 Å². The molecule has 0 radical (unpaired) electrons. The smallest absolute Gasteiger partial charge is 0.163 e. The lowest BCUT2D eigenvalue weighted by molar-refractivity contribution is -0.136. The van der Waals surface area contributed by atoms with Gasteiger partial charge in [0.15, 0.2) is 11.6 Å². The fourth-order valence-electron chi connectivity index (χ4n) is 2.44. The largest absolute Gasteiger partial charge is 0.365 e. The molecule has 1 aromatic heterocycles. The fraction of sp³-hybridized carbons (Fsp3) is 0.467. The Kier molecular flexibility index (Phi) is 3.31. The van der Waals surface area contributed by atoms with Crippen molar-refractivity contribution in [3.63, 3.8) is 0 Å². The van der Waals surface area contributed by atoms with Crippen molar-refractivity contribution < 1.29 is 9.47 Å². The van der Waals surface area contributed by atoms with Crippen molar-refractivity contribution in [1.29, 1.82) is 0 Å². The highest BCUT2D eigenvalue weighted by molar-refractivity contribution is 5.92. The molecule has 5 heteroatoms. The minimum Gasteiger partial charge on any atom is -0.365 e. The molecule has 2 heterocycles. The molecule has 106 valence electrons. The normalized spacial score (nSPS) is 21.2. The molecule has 1 fully saturated rings. The van der Waals surface area contributed by atoms with Crippen LogP contribution in [0.15, 0.2) is 24.3 Å². The van der Waals surface area contributed by atoms with Crippen LogP contribution < -0.4 is 5.32 Å². The van der Waals surface area contributed by atoms with Gasteiger partial charge in [0.2, 0.25) is 0 Å². The second-order valence-electron chi connectivity index (χ2n) is 5.51. The molecule has 0 amide bonds. The third kappa shape index (κ3) is 2.59. The second-order valence-corrected chi connectivity index (χ2v) is 5.51. The van der Waals surface area contributed by atoms with E-state index in [4.69, 9.17) is 9.47 Å². The molecule has 3 rings (SSSR count). The van der Waals surface area contributed by atoms with E-state index in [0.717, 1.165) is 22.3 Å². The Labute approximate surface area is 118 Å². The molecule has 1 atom stereocenters. The molecular weight excluding hydrogens is 254 g/mol. The molecule has 1 aliphatic rings. The van der Waals surface area contributed by atoms with E-state index < -0.39 is 5.79 Å². The average Bonchev–Trinajstić information content (AvgIpc) is 2.78. The van der Waals surface area contributed by atoms with Crippen LogP contribution in [0.2, 0.25) is 0 Å². The first-order chi connectivity index (χ1) is 9.55. The molecule has 1 saturated heterocycles. The van der Waals surface area contributed by atoms with Crippen LogP contribution in [0.1, 0.15) is 19.5 Å². The second kappa shape index (κ2) is 5.00. The number of anilines is 1. The number of aryl methyl sites for hydroxylation is 1. The summed E-state index contributed by atoms with van der Waals surface area (Å²) >= 11 is 0. The van der Waals surface area contributed by atoms with E-state index in [-0.39, 0.29) is 6.10 Å². The zero-order chi connectivity index (χ0) is 14.2. The van der Waals surface area contributed by atoms with E-state index in [9.17, 15) is 0 Å². The number of fused-ring (bicyclic) bond motifs is 1. The minimum atomic E-state index is -0.493. The van der Waals surface area contributed by atoms with Crippen molar-refractivity contribution in [2.24, 2.45) is 0 Å². The lowest BCUT2D eigenvalue weighted by Crippen LogP contribution is -2.26. The minimum absolute atomic E-state index is 0.0341. The quantitative estimate of drug-likeness (QED) is 0.931. The number of nitrogens with zero attached hydrogens (tertiary/aromatic N) is 2. The number of nitrogens with one attached hydrogen (secondary N) is 1. The van der Waals surface area contributed by atoms with Gasteiger partial charge >= 0.3 is 0 Å². The van der Waals surface area contributed by atoms with Crippen LogP contribution in [-0.2, 0) is 9.47 Å². The first-order valence-corrected chi connectivity index (χ1v) is 6.83. The summed E-state index contributed by atoms with van der Waals surface area (Å²) in [5, 5.41) is 14.0. The molecule has 0 aliphatic carbocycles. The van der Waals surface area contributed by atoms with Crippen molar-refractivity contribution in [3.05, 3.63) is 30.0 Å². The predicted molar refractivity (Wildman–Crippen MR) is 77.7 cm³/mol. The van der Waals surface area contributed by atoms with Gasteiger partial charge in [0.05, 0.1) is 12.3 Å². The lowest BCUT2D eigenvalue weighted by Gasteiger charge is -2.17. The van der Waals surface area contributed by atoms with Crippen molar-refractivity contribution in [2.75, 3.05) is 18.5 Å². The highest BCUT2D eigenvalue weighted by atomic mass is 16.7. The SMILES string of the molecule is Cc1nnc(NCC2COC(C)(C)O2)c2ccccc12. The standard InChI is InChI=1S/C15H19N3O2/c1-10-12-6-4-5-7-13(12)14(18-17-10)16-8-11-9-19-15(2,3)20-11/h4-7,11H,8-9H2,1-3H3,(H,16,18). The van der Waals surface area contributed by atoms with Crippen molar-refractivity contribution in [2.45, 2.75) is 32.7 Å². The number of ether oxygens (including phenoxy) is 2. The monoisotopic (exact) mass is 273 g/mol. The Hall–Kier alpha value is -1.72. The topological polar surface area (TPSA) is 56.3 Å². The number of benzene rings is 1. The molecule has 1 aromatic carbocycles. The van der Waals surface area contributed by atoms with Gasteiger partial charge in [0, 0.05) is 17.3 Å². The van der Waals surface area contributed by atoms with Gasteiger partial charge in [-0.25, -0.2) is 0 Å². The summed E-state index contributed by atoms with van der Waals surface area (Å²) < 4.78 is 11.3. The Balaban J connectivity index is 1.77. The maximum atomic E-state index is 5.77. The van der Waals surface area contributed by atoms with E-state index in [1.165, 1.54) is 0 Å². The van der Waals surface area contributed by atoms with Gasteiger partial charge in [0.25, 0.3) is 0 Å². The van der Waals surface area contributed by atoms with Gasteiger partial charge in [-0.1, -0.05) is 24.3 Å². The highest BCUT2D eigenvalue weighted by Crippen LogP contribution is 2.25. The molecule has 0 bridgehead atoms. The van der Waals surface area contributed by atoms with Crippen LogP contribution >= 0.6 is 0 Å². The Morgan fingerprint density at radius 1 is 1.25 bits per heavy atom. The lowest BCUT2D eigenvalue weighted by atomic mass is 10.1. The number of aromatic nitrogens is 2. The van der Waals surface area contributed by atoms with E-state index in [2.05, 4.69) is 27.6 Å². The summed E-state index contributed by atoms with van der Waals surface area (Å²) in [6.07, 6.45) is 0.0341. The van der Waals surface area contributed by atoms with Gasteiger partial charge in [0.1, 0.15) is 6.10 Å². The highest BCUT2D eigenvalue weighted by Gasteiger charge is 2.32. The molecular formula is C15H19N3O2. The summed E-state index contributed by atoms with van der Waals surface area (Å²) in [4.78, 5) is 0. The first kappa shape index (κ1) is 13.3. The molecule has 2 aromatic rings. The van der Waals surface area contributed by atoms with E-state index in [1.807, 2.05) is 32.9 Å². The molecule has 5 nitrogen and oxygen atoms in total. The van der Waals surface area contributed by atoms with Crippen molar-refractivity contribution in [1.82, 2.24) is 10.2 Å². The molecule has 1 unspecified atom stereocenters. The van der Waals surface area contributed by atoms with Gasteiger partial charge < -0.3 is 14.8 Å². The van der Waals surface area contributed by atoms with E-state index in [1.54, 1.807) is 0 Å². The van der Waals surface area contributed by atoms with E-state index in [0.29, 0.717) is 13.2 Å². The van der Waals surface area contributed by atoms with Crippen LogP contribution in [0.3, 0.4) is 0 Å². The first-order valence-electron chi connectivity index (χ1n) is 6.83. The van der Waals surface area contributed by atoms with Gasteiger partial charge in [-0.3, -0.25) is 0 Å². The summed E-state index contributed by atoms with van der Waals surface area (Å²) in [7, 11) is 0. The van der Waals surface area contributed by atoms with Crippen LogP contribution in [0.25, 0.3) is 10.8 Å². The third-order valence-electron chi connectivity index (χ3n) is 3.44. The maximum Gasteiger partial charge on any atom is 0.163 e. The van der Waals surface area contributed by atoms with Crippen LogP contribution in [-0.4, -0.2) is 35.2 Å². The molecule has 0 spiro atoms. The number of hydrogen-bond donors (Lipinski definition) is 1. The third-order valence-corrected chi connectivity index (χ3v) is 3.44. The molecule has 1 aliphatic heterocycles. The Bertz CT molecular complexity index is 628. The van der Waals surface area contributed by atoms with Crippen LogP contribution in [0.4, 0.5) is 5.82 Å². The van der Waals surface area contributed by atoms with E-state index >= 15 is 0 Å². The molecule has 20 heavy (non-hydrogen) atoms. The average molecular weight is 273 g/mol. The summed E-state index contributed by atoms with van der Waals surface area (Å²) in [5.41, 5.74) is 0.938. The molecule has 0 saturated carbocycles. The zero-order valence-electron chi connectivity index (χ0n) is 12.0. The van der Waals surface area contributed by atoms with Gasteiger partial charge in [-0.05, 0) is 20.8 Å². The van der Waals surface area contributed by atoms with Gasteiger partial charge in [-0.15, -0.1) is 5.10 Å². The van der Waals surface area contributed by atoms with Crippen LogP contribution in [0, 0.1) is 6.92 Å². The summed E-state index contributed by atoms with van der Waals surface area (Å²) in [6, 6.07) is 8.13. The number of rotatable bonds is 3. The van der Waals surface area contributed by atoms with Crippen molar-refractivity contribution in [3.8, 4) is 0 Å². The van der Waals surface area contributed by atoms with Gasteiger partial charge in [-0.2, -0.15) is 5.10 Å². The Morgan fingerprint density at radius 3 is 2.70 bits per heavy atom.